The first-order valence-electron chi connectivity index (χ1n) is 5.00. The Labute approximate surface area is 103 Å². The fourth-order valence-corrected chi connectivity index (χ4v) is 1.66. The summed E-state index contributed by atoms with van der Waals surface area (Å²) in [5.41, 5.74) is 2.94. The lowest BCUT2D eigenvalue weighted by Crippen LogP contribution is -1.74. The van der Waals surface area contributed by atoms with Gasteiger partial charge in [0.2, 0.25) is 0 Å². The number of halogens is 1. The summed E-state index contributed by atoms with van der Waals surface area (Å²) in [6, 6.07) is 17.7. The number of nitrogens with zero attached hydrogens (tertiary/aromatic N) is 2. The highest BCUT2D eigenvalue weighted by Crippen LogP contribution is 2.19. The number of hydrogen-bond donors (Lipinski definition) is 0. The number of benzene rings is 2. The van der Waals surface area contributed by atoms with Crippen LogP contribution in [0.4, 0.5) is 11.4 Å². The molecule has 0 aliphatic heterocycles. The van der Waals surface area contributed by atoms with Gasteiger partial charge in [0.15, 0.2) is 0 Å². The lowest BCUT2D eigenvalue weighted by atomic mass is 10.2. The monoisotopic (exact) mass is 274 g/mol. The van der Waals surface area contributed by atoms with Gasteiger partial charge in [-0.3, -0.25) is 0 Å². The van der Waals surface area contributed by atoms with E-state index in [1.807, 2.05) is 48.5 Å². The third kappa shape index (κ3) is 3.00. The van der Waals surface area contributed by atoms with Crippen molar-refractivity contribution in [2.75, 3.05) is 0 Å². The highest BCUT2D eigenvalue weighted by molar-refractivity contribution is 9.08. The maximum absolute atomic E-state index is 4.19. The van der Waals surface area contributed by atoms with E-state index >= 15 is 0 Å². The number of azo groups is 1. The van der Waals surface area contributed by atoms with E-state index in [1.54, 1.807) is 0 Å². The van der Waals surface area contributed by atoms with Crippen LogP contribution < -0.4 is 0 Å². The molecule has 0 fully saturated rings. The van der Waals surface area contributed by atoms with Crippen LogP contribution in [-0.2, 0) is 5.33 Å². The predicted molar refractivity (Wildman–Crippen MR) is 69.7 cm³/mol. The van der Waals surface area contributed by atoms with E-state index in [9.17, 15) is 0 Å². The van der Waals surface area contributed by atoms with Gasteiger partial charge in [-0.2, -0.15) is 10.2 Å². The van der Waals surface area contributed by atoms with Gasteiger partial charge in [0, 0.05) is 5.33 Å². The van der Waals surface area contributed by atoms with Crippen LogP contribution in [0.5, 0.6) is 0 Å². The summed E-state index contributed by atoms with van der Waals surface area (Å²) in [7, 11) is 0. The Morgan fingerprint density at radius 3 is 2.25 bits per heavy atom. The Kier molecular flexibility index (Phi) is 3.83. The molecule has 3 heteroatoms. The Morgan fingerprint density at radius 2 is 1.50 bits per heavy atom. The molecule has 0 bridgehead atoms. The van der Waals surface area contributed by atoms with Crippen LogP contribution in [0.2, 0.25) is 0 Å². The largest absolute Gasteiger partial charge is 0.151 e. The van der Waals surface area contributed by atoms with Crippen LogP contribution in [0.1, 0.15) is 5.56 Å². The molecule has 0 amide bonds. The molecule has 0 saturated carbocycles. The van der Waals surface area contributed by atoms with E-state index in [-0.39, 0.29) is 0 Å². The molecule has 16 heavy (non-hydrogen) atoms. The fourth-order valence-electron chi connectivity index (χ4n) is 1.31. The molecule has 2 aromatic carbocycles. The van der Waals surface area contributed by atoms with Gasteiger partial charge in [0.1, 0.15) is 0 Å². The van der Waals surface area contributed by atoms with Crippen molar-refractivity contribution < 1.29 is 0 Å². The third-order valence-corrected chi connectivity index (χ3v) is 2.75. The Morgan fingerprint density at radius 1 is 0.812 bits per heavy atom. The first-order chi connectivity index (χ1) is 7.88. The Hall–Kier alpha value is -1.48. The first kappa shape index (κ1) is 11.0. The van der Waals surface area contributed by atoms with Crippen LogP contribution in [-0.4, -0.2) is 0 Å². The molecule has 0 saturated heterocycles. The van der Waals surface area contributed by atoms with Gasteiger partial charge in [-0.1, -0.05) is 46.3 Å². The van der Waals surface area contributed by atoms with Crippen molar-refractivity contribution in [2.45, 2.75) is 5.33 Å². The highest BCUT2D eigenvalue weighted by Gasteiger charge is 1.92. The normalized spacial score (nSPS) is 10.8. The van der Waals surface area contributed by atoms with Gasteiger partial charge < -0.3 is 0 Å². The summed E-state index contributed by atoms with van der Waals surface area (Å²) in [6.07, 6.45) is 0. The molecule has 0 heterocycles. The second-order valence-electron chi connectivity index (χ2n) is 3.34. The zero-order valence-corrected chi connectivity index (χ0v) is 10.3. The number of hydrogen-bond acceptors (Lipinski definition) is 2. The second kappa shape index (κ2) is 5.56. The minimum absolute atomic E-state index is 0.835. The van der Waals surface area contributed by atoms with Crippen molar-refractivity contribution in [3.8, 4) is 0 Å². The average Bonchev–Trinajstić information content (AvgIpc) is 2.38. The predicted octanol–water partition coefficient (Wildman–Crippen LogP) is 5.00. The average molecular weight is 275 g/mol. The number of rotatable bonds is 3. The molecular formula is C13H11BrN2. The van der Waals surface area contributed by atoms with Gasteiger partial charge in [-0.05, 0) is 29.8 Å². The van der Waals surface area contributed by atoms with Crippen molar-refractivity contribution in [2.24, 2.45) is 10.2 Å². The molecule has 0 aliphatic carbocycles. The summed E-state index contributed by atoms with van der Waals surface area (Å²) < 4.78 is 0. The molecule has 0 aliphatic rings. The molecule has 0 unspecified atom stereocenters. The summed E-state index contributed by atoms with van der Waals surface area (Å²) in [6.45, 7) is 0. The van der Waals surface area contributed by atoms with E-state index in [2.05, 4.69) is 32.2 Å². The minimum atomic E-state index is 0.835. The molecular weight excluding hydrogens is 264 g/mol. The van der Waals surface area contributed by atoms with Crippen LogP contribution in [0.25, 0.3) is 0 Å². The lowest BCUT2D eigenvalue weighted by Gasteiger charge is -1.96. The molecule has 0 N–H and O–H groups in total. The number of alkyl halides is 1. The van der Waals surface area contributed by atoms with Crippen molar-refractivity contribution in [1.29, 1.82) is 0 Å². The van der Waals surface area contributed by atoms with E-state index in [1.165, 1.54) is 5.56 Å². The standard InChI is InChI=1S/C13H11BrN2/c14-10-11-5-4-8-13(9-11)16-15-12-6-2-1-3-7-12/h1-9H,10H2. The van der Waals surface area contributed by atoms with E-state index in [4.69, 9.17) is 0 Å². The lowest BCUT2D eigenvalue weighted by molar-refractivity contribution is 1.22. The van der Waals surface area contributed by atoms with Crippen molar-refractivity contribution in [1.82, 2.24) is 0 Å². The van der Waals surface area contributed by atoms with Gasteiger partial charge >= 0.3 is 0 Å². The Balaban J connectivity index is 2.17. The SMILES string of the molecule is BrCc1cccc(N=Nc2ccccc2)c1. The molecule has 0 atom stereocenters. The molecule has 2 nitrogen and oxygen atoms in total. The first-order valence-corrected chi connectivity index (χ1v) is 6.12. The van der Waals surface area contributed by atoms with E-state index in [0.717, 1.165) is 16.7 Å². The second-order valence-corrected chi connectivity index (χ2v) is 3.90. The smallest absolute Gasteiger partial charge is 0.0860 e. The zero-order valence-electron chi connectivity index (χ0n) is 8.68. The van der Waals surface area contributed by atoms with Gasteiger partial charge in [0.25, 0.3) is 0 Å². The summed E-state index contributed by atoms with van der Waals surface area (Å²) in [5, 5.41) is 9.19. The summed E-state index contributed by atoms with van der Waals surface area (Å²) in [5.74, 6) is 0. The van der Waals surface area contributed by atoms with E-state index < -0.39 is 0 Å². The van der Waals surface area contributed by atoms with Crippen LogP contribution >= 0.6 is 15.9 Å². The highest BCUT2D eigenvalue weighted by atomic mass is 79.9. The molecule has 2 aromatic rings. The quantitative estimate of drug-likeness (QED) is 0.556. The fraction of sp³-hybridized carbons (Fsp3) is 0.0769. The zero-order chi connectivity index (χ0) is 11.2. The van der Waals surface area contributed by atoms with Crippen molar-refractivity contribution in [3.05, 3.63) is 60.2 Å². The van der Waals surface area contributed by atoms with E-state index in [0.29, 0.717) is 0 Å². The topological polar surface area (TPSA) is 24.7 Å². The molecule has 0 aromatic heterocycles. The molecule has 80 valence electrons. The summed E-state index contributed by atoms with van der Waals surface area (Å²) >= 11 is 3.42. The maximum Gasteiger partial charge on any atom is 0.0860 e. The van der Waals surface area contributed by atoms with Crippen LogP contribution in [0.15, 0.2) is 64.8 Å². The summed E-state index contributed by atoms with van der Waals surface area (Å²) in [4.78, 5) is 0. The maximum atomic E-state index is 4.19. The molecule has 2 rings (SSSR count). The van der Waals surface area contributed by atoms with Crippen molar-refractivity contribution >= 4 is 27.3 Å². The van der Waals surface area contributed by atoms with Crippen molar-refractivity contribution in [3.63, 3.8) is 0 Å². The molecule has 0 spiro atoms. The third-order valence-electron chi connectivity index (χ3n) is 2.10. The van der Waals surface area contributed by atoms with Gasteiger partial charge in [-0.25, -0.2) is 0 Å². The van der Waals surface area contributed by atoms with Gasteiger partial charge in [-0.15, -0.1) is 0 Å². The van der Waals surface area contributed by atoms with Gasteiger partial charge in [0.05, 0.1) is 11.4 Å². The minimum Gasteiger partial charge on any atom is -0.151 e. The Bertz CT molecular complexity index is 480. The molecule has 0 radical (unpaired) electrons. The van der Waals surface area contributed by atoms with Crippen LogP contribution in [0, 0.1) is 0 Å². The van der Waals surface area contributed by atoms with Crippen LogP contribution in [0.3, 0.4) is 0 Å².